The molecule has 0 radical (unpaired) electrons. The molecule has 2 amide bonds. The van der Waals surface area contributed by atoms with Gasteiger partial charge in [0, 0.05) is 30.8 Å². The smallest absolute Gasteiger partial charge is 0.233 e. The average molecular weight is 348 g/mol. The Morgan fingerprint density at radius 1 is 1.38 bits per heavy atom. The number of hydrogen-bond acceptors (Lipinski definition) is 5. The van der Waals surface area contributed by atoms with Crippen LogP contribution >= 0.6 is 11.8 Å². The average Bonchev–Trinajstić information content (AvgIpc) is 3.06. The van der Waals surface area contributed by atoms with E-state index in [9.17, 15) is 9.59 Å². The van der Waals surface area contributed by atoms with Crippen LogP contribution in [0.15, 0.2) is 41.6 Å². The molecule has 0 spiro atoms. The lowest BCUT2D eigenvalue weighted by Gasteiger charge is -2.20. The largest absolute Gasteiger partial charge is 0.395 e. The van der Waals surface area contributed by atoms with Crippen molar-refractivity contribution in [3.8, 4) is 0 Å². The molecule has 8 heteroatoms. The Labute approximate surface area is 144 Å². The summed E-state index contributed by atoms with van der Waals surface area (Å²) in [5.74, 6) is 0.606. The van der Waals surface area contributed by atoms with Gasteiger partial charge in [0.1, 0.15) is 5.82 Å². The lowest BCUT2D eigenvalue weighted by Crippen LogP contribution is -2.34. The van der Waals surface area contributed by atoms with Crippen molar-refractivity contribution in [2.75, 3.05) is 24.2 Å². The number of para-hydroxylation sites is 1. The minimum atomic E-state index is -0.158. The quantitative estimate of drug-likeness (QED) is 0.628. The summed E-state index contributed by atoms with van der Waals surface area (Å²) in [5.41, 5.74) is 0.683. The molecular weight excluding hydrogens is 328 g/mol. The van der Waals surface area contributed by atoms with Crippen LogP contribution in [-0.4, -0.2) is 50.7 Å². The van der Waals surface area contributed by atoms with E-state index in [-0.39, 0.29) is 30.7 Å². The second kappa shape index (κ2) is 9.09. The van der Waals surface area contributed by atoms with E-state index in [1.54, 1.807) is 23.4 Å². The first kappa shape index (κ1) is 18.0. The Balaban J connectivity index is 1.98. The topological polar surface area (TPSA) is 98.3 Å². The number of nitrogens with zero attached hydrogens (tertiary/aromatic N) is 2. The number of carbonyl (C=O) groups excluding carboxylic acids is 2. The van der Waals surface area contributed by atoms with E-state index in [0.29, 0.717) is 18.1 Å². The molecule has 128 valence electrons. The number of aromatic amines is 1. The van der Waals surface area contributed by atoms with Gasteiger partial charge in [0.25, 0.3) is 0 Å². The molecular formula is C16H20N4O3S. The molecule has 0 fully saturated rings. The summed E-state index contributed by atoms with van der Waals surface area (Å²) in [6, 6.07) is 7.33. The van der Waals surface area contributed by atoms with Crippen LogP contribution in [0, 0.1) is 0 Å². The third-order valence-corrected chi connectivity index (χ3v) is 4.23. The number of nitrogens with one attached hydrogen (secondary N) is 2. The fourth-order valence-electron chi connectivity index (χ4n) is 2.09. The summed E-state index contributed by atoms with van der Waals surface area (Å²) in [6.45, 7) is 1.90. The number of amides is 2. The summed E-state index contributed by atoms with van der Waals surface area (Å²) < 4.78 is 0. The molecule has 1 aromatic carbocycles. The number of thioether (sulfide) groups is 1. The van der Waals surface area contributed by atoms with Gasteiger partial charge in [-0.1, -0.05) is 12.1 Å². The normalized spacial score (nSPS) is 10.4. The zero-order valence-electron chi connectivity index (χ0n) is 13.4. The minimum absolute atomic E-state index is 0.108. The maximum absolute atomic E-state index is 12.4. The van der Waals surface area contributed by atoms with E-state index in [1.165, 1.54) is 18.7 Å². The van der Waals surface area contributed by atoms with Gasteiger partial charge in [-0.3, -0.25) is 9.59 Å². The van der Waals surface area contributed by atoms with Gasteiger partial charge in [-0.15, -0.1) is 11.8 Å². The van der Waals surface area contributed by atoms with E-state index in [2.05, 4.69) is 15.3 Å². The van der Waals surface area contributed by atoms with Crippen LogP contribution in [0.25, 0.3) is 0 Å². The molecule has 0 aliphatic rings. The highest BCUT2D eigenvalue weighted by molar-refractivity contribution is 8.00. The molecule has 0 atom stereocenters. The van der Waals surface area contributed by atoms with Crippen LogP contribution in [0.1, 0.15) is 12.7 Å². The Morgan fingerprint density at radius 3 is 2.83 bits per heavy atom. The number of rotatable bonds is 8. The standard InChI is InChI=1S/C16H20N4O3S/c1-12(22)19-13-4-2-3-5-14(13)24-11-16(23)20(8-9-21)10-15-17-6-7-18-15/h2-7,21H,8-11H2,1H3,(H,17,18)(H,19,22). The van der Waals surface area contributed by atoms with Crippen LogP contribution < -0.4 is 5.32 Å². The molecule has 0 saturated heterocycles. The van der Waals surface area contributed by atoms with Crippen molar-refractivity contribution in [3.63, 3.8) is 0 Å². The fourth-order valence-corrected chi connectivity index (χ4v) is 3.00. The summed E-state index contributed by atoms with van der Waals surface area (Å²) in [7, 11) is 0. The van der Waals surface area contributed by atoms with Crippen LogP contribution in [0.4, 0.5) is 5.69 Å². The molecule has 0 saturated carbocycles. The van der Waals surface area contributed by atoms with E-state index in [0.717, 1.165) is 4.90 Å². The zero-order chi connectivity index (χ0) is 17.4. The van der Waals surface area contributed by atoms with Gasteiger partial charge in [-0.05, 0) is 12.1 Å². The van der Waals surface area contributed by atoms with E-state index in [1.807, 2.05) is 18.2 Å². The minimum Gasteiger partial charge on any atom is -0.395 e. The van der Waals surface area contributed by atoms with Crippen molar-refractivity contribution in [3.05, 3.63) is 42.5 Å². The Hall–Kier alpha value is -2.32. The van der Waals surface area contributed by atoms with Crippen molar-refractivity contribution < 1.29 is 14.7 Å². The molecule has 24 heavy (non-hydrogen) atoms. The van der Waals surface area contributed by atoms with E-state index >= 15 is 0 Å². The molecule has 3 N–H and O–H groups in total. The highest BCUT2D eigenvalue weighted by Crippen LogP contribution is 2.27. The number of H-pyrrole nitrogens is 1. The molecule has 7 nitrogen and oxygen atoms in total. The van der Waals surface area contributed by atoms with Gasteiger partial charge >= 0.3 is 0 Å². The number of aromatic nitrogens is 2. The maximum Gasteiger partial charge on any atom is 0.233 e. The van der Waals surface area contributed by atoms with Crippen LogP contribution in [0.3, 0.4) is 0 Å². The molecule has 1 heterocycles. The van der Waals surface area contributed by atoms with Gasteiger partial charge in [0.2, 0.25) is 11.8 Å². The molecule has 1 aromatic heterocycles. The first-order valence-electron chi connectivity index (χ1n) is 7.46. The van der Waals surface area contributed by atoms with Crippen LogP contribution in [-0.2, 0) is 16.1 Å². The lowest BCUT2D eigenvalue weighted by molar-refractivity contribution is -0.129. The summed E-state index contributed by atoms with van der Waals surface area (Å²) >= 11 is 1.35. The Bertz CT molecular complexity index is 676. The second-order valence-electron chi connectivity index (χ2n) is 5.04. The zero-order valence-corrected chi connectivity index (χ0v) is 14.2. The highest BCUT2D eigenvalue weighted by Gasteiger charge is 2.16. The van der Waals surface area contributed by atoms with Gasteiger partial charge in [0.15, 0.2) is 0 Å². The number of benzene rings is 1. The van der Waals surface area contributed by atoms with Crippen molar-refractivity contribution in [2.24, 2.45) is 0 Å². The fraction of sp³-hybridized carbons (Fsp3) is 0.312. The number of hydrogen-bond donors (Lipinski definition) is 3. The number of anilines is 1. The highest BCUT2D eigenvalue weighted by atomic mass is 32.2. The first-order valence-corrected chi connectivity index (χ1v) is 8.45. The van der Waals surface area contributed by atoms with Crippen molar-refractivity contribution in [2.45, 2.75) is 18.4 Å². The molecule has 0 bridgehead atoms. The third-order valence-electron chi connectivity index (χ3n) is 3.17. The van der Waals surface area contributed by atoms with Gasteiger partial charge in [0.05, 0.1) is 24.6 Å². The second-order valence-corrected chi connectivity index (χ2v) is 6.06. The van der Waals surface area contributed by atoms with Crippen molar-refractivity contribution in [1.82, 2.24) is 14.9 Å². The number of aliphatic hydroxyl groups excluding tert-OH is 1. The third kappa shape index (κ3) is 5.39. The van der Waals surface area contributed by atoms with Gasteiger partial charge < -0.3 is 20.3 Å². The summed E-state index contributed by atoms with van der Waals surface area (Å²) in [5, 5.41) is 11.9. The Kier molecular flexibility index (Phi) is 6.83. The number of aliphatic hydroxyl groups is 1. The predicted molar refractivity (Wildman–Crippen MR) is 92.6 cm³/mol. The number of imidazole rings is 1. The molecule has 0 aliphatic carbocycles. The van der Waals surface area contributed by atoms with E-state index < -0.39 is 0 Å². The molecule has 0 unspecified atom stereocenters. The van der Waals surface area contributed by atoms with Crippen molar-refractivity contribution in [1.29, 1.82) is 0 Å². The van der Waals surface area contributed by atoms with Crippen LogP contribution in [0.2, 0.25) is 0 Å². The first-order chi connectivity index (χ1) is 11.6. The summed E-state index contributed by atoms with van der Waals surface area (Å²) in [6.07, 6.45) is 3.31. The van der Waals surface area contributed by atoms with Gasteiger partial charge in [-0.25, -0.2) is 4.98 Å². The van der Waals surface area contributed by atoms with E-state index in [4.69, 9.17) is 5.11 Å². The summed E-state index contributed by atoms with van der Waals surface area (Å²) in [4.78, 5) is 33.1. The molecule has 2 rings (SSSR count). The van der Waals surface area contributed by atoms with Crippen LogP contribution in [0.5, 0.6) is 0 Å². The SMILES string of the molecule is CC(=O)Nc1ccccc1SCC(=O)N(CCO)Cc1ncc[nH]1. The Morgan fingerprint density at radius 2 is 2.17 bits per heavy atom. The predicted octanol–water partition coefficient (Wildman–Crippen LogP) is 1.48. The maximum atomic E-state index is 12.4. The number of carbonyl (C=O) groups is 2. The van der Waals surface area contributed by atoms with Crippen molar-refractivity contribution >= 4 is 29.3 Å². The lowest BCUT2D eigenvalue weighted by atomic mass is 10.3. The molecule has 0 aliphatic heterocycles. The van der Waals surface area contributed by atoms with Gasteiger partial charge in [-0.2, -0.15) is 0 Å². The monoisotopic (exact) mass is 348 g/mol. The molecule has 2 aromatic rings.